The fourth-order valence-corrected chi connectivity index (χ4v) is 3.66. The predicted molar refractivity (Wildman–Crippen MR) is 60.1 cm³/mol. The quantitative estimate of drug-likeness (QED) is 0.690. The van der Waals surface area contributed by atoms with Crippen LogP contribution in [-0.2, 0) is 4.74 Å². The molecule has 0 N–H and O–H groups in total. The number of rotatable bonds is 3. The number of hydrogen-bond acceptors (Lipinski definition) is 1. The lowest BCUT2D eigenvalue weighted by Crippen LogP contribution is -2.55. The van der Waals surface area contributed by atoms with Gasteiger partial charge in [0.1, 0.15) is 6.61 Å². The molecular formula is C12H19ClF2O. The third-order valence-electron chi connectivity index (χ3n) is 4.14. The van der Waals surface area contributed by atoms with Crippen LogP contribution in [0.4, 0.5) is 8.78 Å². The van der Waals surface area contributed by atoms with Crippen LogP contribution in [-0.4, -0.2) is 24.5 Å². The Hall–Kier alpha value is 0.110. The maximum absolute atomic E-state index is 12.1. The molecule has 0 aliphatic heterocycles. The van der Waals surface area contributed by atoms with Gasteiger partial charge in [0.2, 0.25) is 0 Å². The molecule has 2 aliphatic carbocycles. The highest BCUT2D eigenvalue weighted by molar-refractivity contribution is 6.21. The van der Waals surface area contributed by atoms with Gasteiger partial charge < -0.3 is 4.74 Å². The summed E-state index contributed by atoms with van der Waals surface area (Å²) in [5.41, 5.74) is 0.00689. The molecular weight excluding hydrogens is 234 g/mol. The third kappa shape index (κ3) is 2.35. The summed E-state index contributed by atoms with van der Waals surface area (Å²) in [7, 11) is 0. The molecule has 2 aliphatic rings. The number of halogens is 3. The molecule has 0 aromatic rings. The molecule has 2 rings (SSSR count). The average Bonchev–Trinajstić information content (AvgIpc) is 2.51. The summed E-state index contributed by atoms with van der Waals surface area (Å²) < 4.78 is 29.6. The molecule has 0 radical (unpaired) electrons. The van der Waals surface area contributed by atoms with E-state index in [1.807, 2.05) is 0 Å². The molecule has 0 bridgehead atoms. The van der Waals surface area contributed by atoms with Crippen molar-refractivity contribution in [1.82, 2.24) is 0 Å². The van der Waals surface area contributed by atoms with Crippen molar-refractivity contribution in [2.75, 3.05) is 6.61 Å². The Balaban J connectivity index is 1.93. The van der Waals surface area contributed by atoms with Gasteiger partial charge in [0.05, 0.1) is 6.10 Å². The fraction of sp³-hybridized carbons (Fsp3) is 1.00. The smallest absolute Gasteiger partial charge is 0.261 e. The van der Waals surface area contributed by atoms with Crippen molar-refractivity contribution in [3.05, 3.63) is 0 Å². The molecule has 16 heavy (non-hydrogen) atoms. The lowest BCUT2D eigenvalue weighted by atomic mass is 9.61. The maximum Gasteiger partial charge on any atom is 0.261 e. The van der Waals surface area contributed by atoms with E-state index in [9.17, 15) is 8.78 Å². The van der Waals surface area contributed by atoms with Crippen LogP contribution in [0.15, 0.2) is 0 Å². The van der Waals surface area contributed by atoms with Gasteiger partial charge in [-0.25, -0.2) is 8.78 Å². The van der Waals surface area contributed by atoms with E-state index in [4.69, 9.17) is 16.3 Å². The summed E-state index contributed by atoms with van der Waals surface area (Å²) in [6.45, 7) is -0.434. The Morgan fingerprint density at radius 1 is 1.19 bits per heavy atom. The Morgan fingerprint density at radius 2 is 1.81 bits per heavy atom. The van der Waals surface area contributed by atoms with Gasteiger partial charge in [0.25, 0.3) is 6.43 Å². The highest BCUT2D eigenvalue weighted by atomic mass is 35.5. The lowest BCUT2D eigenvalue weighted by Gasteiger charge is -2.53. The first kappa shape index (κ1) is 12.6. The Bertz CT molecular complexity index is 227. The molecule has 4 heteroatoms. The second-order valence-corrected chi connectivity index (χ2v) is 5.59. The van der Waals surface area contributed by atoms with Crippen molar-refractivity contribution in [2.45, 2.75) is 62.9 Å². The first-order valence-electron chi connectivity index (χ1n) is 6.19. The molecule has 0 aromatic heterocycles. The Kier molecular flexibility index (Phi) is 4.06. The van der Waals surface area contributed by atoms with Gasteiger partial charge >= 0.3 is 0 Å². The van der Waals surface area contributed by atoms with E-state index < -0.39 is 13.0 Å². The van der Waals surface area contributed by atoms with Gasteiger partial charge in [0, 0.05) is 10.8 Å². The molecule has 2 atom stereocenters. The number of ether oxygens (including phenoxy) is 1. The van der Waals surface area contributed by atoms with Crippen LogP contribution in [0.25, 0.3) is 0 Å². The summed E-state index contributed by atoms with van der Waals surface area (Å²) in [4.78, 5) is 0. The van der Waals surface area contributed by atoms with E-state index in [1.165, 1.54) is 12.8 Å². The van der Waals surface area contributed by atoms with Crippen LogP contribution in [0, 0.1) is 5.41 Å². The second-order valence-electron chi connectivity index (χ2n) is 5.06. The zero-order valence-corrected chi connectivity index (χ0v) is 10.2. The average molecular weight is 253 g/mol. The molecule has 2 unspecified atom stereocenters. The second kappa shape index (κ2) is 5.18. The van der Waals surface area contributed by atoms with Gasteiger partial charge in [0.15, 0.2) is 0 Å². The molecule has 0 saturated heterocycles. The molecule has 2 fully saturated rings. The van der Waals surface area contributed by atoms with Crippen LogP contribution < -0.4 is 0 Å². The van der Waals surface area contributed by atoms with Crippen LogP contribution in [0.5, 0.6) is 0 Å². The predicted octanol–water partition coefficient (Wildman–Crippen LogP) is 3.99. The summed E-state index contributed by atoms with van der Waals surface area (Å²) in [5, 5.41) is 0.133. The van der Waals surface area contributed by atoms with Crippen LogP contribution in [0.1, 0.15) is 44.9 Å². The normalized spacial score (nSPS) is 33.8. The summed E-state index contributed by atoms with van der Waals surface area (Å²) >= 11 is 6.30. The highest BCUT2D eigenvalue weighted by Crippen LogP contribution is 2.55. The van der Waals surface area contributed by atoms with E-state index in [0.29, 0.717) is 0 Å². The van der Waals surface area contributed by atoms with Gasteiger partial charge in [-0.05, 0) is 19.3 Å². The molecule has 0 aromatic carbocycles. The topological polar surface area (TPSA) is 9.23 Å². The van der Waals surface area contributed by atoms with Crippen LogP contribution in [0.2, 0.25) is 0 Å². The van der Waals surface area contributed by atoms with E-state index >= 15 is 0 Å². The zero-order valence-electron chi connectivity index (χ0n) is 9.43. The van der Waals surface area contributed by atoms with E-state index in [0.717, 1.165) is 32.1 Å². The van der Waals surface area contributed by atoms with Gasteiger partial charge in [-0.2, -0.15) is 0 Å². The minimum Gasteiger partial charge on any atom is -0.372 e. The minimum absolute atomic E-state index is 0.00689. The van der Waals surface area contributed by atoms with Gasteiger partial charge in [-0.15, -0.1) is 11.6 Å². The number of hydrogen-bond donors (Lipinski definition) is 0. The minimum atomic E-state index is -2.36. The summed E-state index contributed by atoms with van der Waals surface area (Å²) in [6, 6.07) is 0. The molecule has 1 spiro atoms. The first-order valence-corrected chi connectivity index (χ1v) is 6.62. The van der Waals surface area contributed by atoms with Crippen molar-refractivity contribution < 1.29 is 13.5 Å². The largest absolute Gasteiger partial charge is 0.372 e. The molecule has 94 valence electrons. The first-order chi connectivity index (χ1) is 7.65. The highest BCUT2D eigenvalue weighted by Gasteiger charge is 2.54. The van der Waals surface area contributed by atoms with Crippen LogP contribution >= 0.6 is 11.6 Å². The van der Waals surface area contributed by atoms with Crippen molar-refractivity contribution in [2.24, 2.45) is 5.41 Å². The molecule has 0 amide bonds. The monoisotopic (exact) mass is 252 g/mol. The van der Waals surface area contributed by atoms with Crippen LogP contribution in [0.3, 0.4) is 0 Å². The molecule has 2 saturated carbocycles. The van der Waals surface area contributed by atoms with Crippen molar-refractivity contribution in [3.8, 4) is 0 Å². The lowest BCUT2D eigenvalue weighted by molar-refractivity contribution is -0.137. The number of alkyl halides is 3. The third-order valence-corrected chi connectivity index (χ3v) is 4.76. The van der Waals surface area contributed by atoms with E-state index in [1.54, 1.807) is 0 Å². The Labute approximate surface area is 100 Å². The van der Waals surface area contributed by atoms with Crippen molar-refractivity contribution >= 4 is 11.6 Å². The Morgan fingerprint density at radius 3 is 2.31 bits per heavy atom. The molecule has 1 nitrogen and oxygen atoms in total. The standard InChI is InChI=1S/C12H19ClF2O/c13-9-7-10(16-8-11(14)15)12(9)5-3-1-2-4-6-12/h9-11H,1-8H2. The van der Waals surface area contributed by atoms with E-state index in [2.05, 4.69) is 0 Å². The van der Waals surface area contributed by atoms with Gasteiger partial charge in [-0.3, -0.25) is 0 Å². The van der Waals surface area contributed by atoms with E-state index in [-0.39, 0.29) is 16.9 Å². The van der Waals surface area contributed by atoms with Gasteiger partial charge in [-0.1, -0.05) is 25.7 Å². The van der Waals surface area contributed by atoms with Crippen molar-refractivity contribution in [3.63, 3.8) is 0 Å². The molecule has 0 heterocycles. The SMILES string of the molecule is FC(F)COC1CC(Cl)C12CCCCCC2. The maximum atomic E-state index is 12.1. The van der Waals surface area contributed by atoms with Crippen molar-refractivity contribution in [1.29, 1.82) is 0 Å². The summed E-state index contributed by atoms with van der Waals surface area (Å²) in [5.74, 6) is 0. The summed E-state index contributed by atoms with van der Waals surface area (Å²) in [6.07, 6.45) is 5.27. The fourth-order valence-electron chi connectivity index (χ4n) is 3.14. The zero-order chi connectivity index (χ0) is 11.6.